The third-order valence-electron chi connectivity index (χ3n) is 3.71. The van der Waals surface area contributed by atoms with E-state index in [0.717, 1.165) is 11.1 Å². The van der Waals surface area contributed by atoms with Crippen molar-refractivity contribution in [2.75, 3.05) is 14.2 Å². The van der Waals surface area contributed by atoms with Gasteiger partial charge < -0.3 is 14.2 Å². The van der Waals surface area contributed by atoms with Crippen LogP contribution in [0, 0.1) is 0 Å². The van der Waals surface area contributed by atoms with Gasteiger partial charge in [-0.05, 0) is 48.7 Å². The topological polar surface area (TPSA) is 44.8 Å². The smallest absolute Gasteiger partial charge is 0.306 e. The van der Waals surface area contributed by atoms with Crippen molar-refractivity contribution in [2.24, 2.45) is 0 Å². The van der Waals surface area contributed by atoms with Crippen LogP contribution in [0.5, 0.6) is 11.5 Å². The number of esters is 1. The van der Waals surface area contributed by atoms with Crippen molar-refractivity contribution < 1.29 is 19.0 Å². The third-order valence-corrected chi connectivity index (χ3v) is 3.97. The van der Waals surface area contributed by atoms with Gasteiger partial charge in [0.1, 0.15) is 6.10 Å². The Kier molecular flexibility index (Phi) is 6.50. The molecule has 4 nitrogen and oxygen atoms in total. The average molecular weight is 349 g/mol. The summed E-state index contributed by atoms with van der Waals surface area (Å²) in [7, 11) is 3.18. The van der Waals surface area contributed by atoms with Crippen LogP contribution < -0.4 is 9.47 Å². The summed E-state index contributed by atoms with van der Waals surface area (Å²) in [6.07, 6.45) is 0.570. The van der Waals surface area contributed by atoms with Crippen molar-refractivity contribution in [1.82, 2.24) is 0 Å². The van der Waals surface area contributed by atoms with E-state index in [1.165, 1.54) is 0 Å². The number of carbonyl (C=O) groups excluding carboxylic acids is 1. The molecule has 5 heteroatoms. The normalized spacial score (nSPS) is 11.7. The highest BCUT2D eigenvalue weighted by molar-refractivity contribution is 6.30. The number of aryl methyl sites for hydroxylation is 1. The van der Waals surface area contributed by atoms with Gasteiger partial charge in [0.2, 0.25) is 0 Å². The first kappa shape index (κ1) is 18.1. The fraction of sp³-hybridized carbons (Fsp3) is 0.316. The molecule has 2 aromatic carbocycles. The molecule has 0 N–H and O–H groups in total. The molecule has 0 amide bonds. The minimum absolute atomic E-state index is 0.243. The lowest BCUT2D eigenvalue weighted by Crippen LogP contribution is -2.09. The molecular formula is C19H21ClO4. The lowest BCUT2D eigenvalue weighted by atomic mass is 10.1. The molecule has 0 aromatic heterocycles. The average Bonchev–Trinajstić information content (AvgIpc) is 2.60. The fourth-order valence-corrected chi connectivity index (χ4v) is 2.47. The molecule has 2 rings (SSSR count). The third kappa shape index (κ3) is 4.90. The summed E-state index contributed by atoms with van der Waals surface area (Å²) in [6, 6.07) is 12.9. The monoisotopic (exact) mass is 348 g/mol. The van der Waals surface area contributed by atoms with Crippen molar-refractivity contribution in [3.63, 3.8) is 0 Å². The Morgan fingerprint density at radius 3 is 2.33 bits per heavy atom. The molecule has 1 unspecified atom stereocenters. The Morgan fingerprint density at radius 2 is 1.71 bits per heavy atom. The molecule has 128 valence electrons. The maximum atomic E-state index is 12.0. The van der Waals surface area contributed by atoms with Crippen LogP contribution in [0.15, 0.2) is 42.5 Å². The molecule has 0 heterocycles. The number of methoxy groups -OCH3 is 2. The van der Waals surface area contributed by atoms with E-state index in [2.05, 4.69) is 0 Å². The van der Waals surface area contributed by atoms with Crippen molar-refractivity contribution in [3.8, 4) is 11.5 Å². The molecule has 0 saturated carbocycles. The van der Waals surface area contributed by atoms with Crippen LogP contribution in [-0.2, 0) is 16.0 Å². The van der Waals surface area contributed by atoms with Gasteiger partial charge in [0.05, 0.1) is 14.2 Å². The minimum atomic E-state index is -0.305. The number of benzene rings is 2. The predicted molar refractivity (Wildman–Crippen MR) is 93.8 cm³/mol. The summed E-state index contributed by atoms with van der Waals surface area (Å²) in [4.78, 5) is 12.0. The first-order valence-electron chi connectivity index (χ1n) is 7.69. The Morgan fingerprint density at radius 1 is 1.04 bits per heavy atom. The Labute approximate surface area is 147 Å². The van der Waals surface area contributed by atoms with E-state index in [9.17, 15) is 4.79 Å². The van der Waals surface area contributed by atoms with Crippen LogP contribution in [0.2, 0.25) is 5.02 Å². The van der Waals surface area contributed by atoms with Crippen molar-refractivity contribution in [3.05, 3.63) is 58.6 Å². The lowest BCUT2D eigenvalue weighted by molar-refractivity contribution is -0.148. The van der Waals surface area contributed by atoms with Crippen molar-refractivity contribution in [1.29, 1.82) is 0 Å². The molecule has 0 radical (unpaired) electrons. The fourth-order valence-electron chi connectivity index (χ4n) is 2.34. The standard InChI is InChI=1S/C19H21ClO4/c1-13(15-6-8-16(20)9-7-15)24-19(21)11-5-14-4-10-17(22-2)18(12-14)23-3/h4,6-10,12-13H,5,11H2,1-3H3. The summed E-state index contributed by atoms with van der Waals surface area (Å²) < 4.78 is 15.9. The van der Waals surface area contributed by atoms with Crippen LogP contribution in [0.3, 0.4) is 0 Å². The van der Waals surface area contributed by atoms with E-state index >= 15 is 0 Å². The highest BCUT2D eigenvalue weighted by Crippen LogP contribution is 2.28. The maximum Gasteiger partial charge on any atom is 0.306 e. The van der Waals surface area contributed by atoms with E-state index in [1.807, 2.05) is 37.3 Å². The van der Waals surface area contributed by atoms with Crippen LogP contribution in [0.1, 0.15) is 30.6 Å². The molecular weight excluding hydrogens is 328 g/mol. The molecule has 24 heavy (non-hydrogen) atoms. The number of hydrogen-bond donors (Lipinski definition) is 0. The predicted octanol–water partition coefficient (Wildman–Crippen LogP) is 4.59. The van der Waals surface area contributed by atoms with Gasteiger partial charge in [-0.1, -0.05) is 29.8 Å². The second-order valence-electron chi connectivity index (χ2n) is 5.37. The first-order valence-corrected chi connectivity index (χ1v) is 8.07. The summed E-state index contributed by atoms with van der Waals surface area (Å²) in [5.74, 6) is 1.07. The Hall–Kier alpha value is -2.20. The lowest BCUT2D eigenvalue weighted by Gasteiger charge is -2.14. The second-order valence-corrected chi connectivity index (χ2v) is 5.81. The quantitative estimate of drug-likeness (QED) is 0.686. The van der Waals surface area contributed by atoms with Gasteiger partial charge in [0, 0.05) is 11.4 Å². The van der Waals surface area contributed by atoms with Crippen molar-refractivity contribution >= 4 is 17.6 Å². The zero-order valence-electron chi connectivity index (χ0n) is 14.0. The van der Waals surface area contributed by atoms with Gasteiger partial charge in [0.25, 0.3) is 0 Å². The largest absolute Gasteiger partial charge is 0.493 e. The number of halogens is 1. The number of hydrogen-bond acceptors (Lipinski definition) is 4. The van der Waals surface area contributed by atoms with Gasteiger partial charge >= 0.3 is 5.97 Å². The Balaban J connectivity index is 1.90. The molecule has 0 fully saturated rings. The minimum Gasteiger partial charge on any atom is -0.493 e. The van der Waals surface area contributed by atoms with Crippen LogP contribution in [0.4, 0.5) is 0 Å². The van der Waals surface area contributed by atoms with E-state index in [-0.39, 0.29) is 12.1 Å². The van der Waals surface area contributed by atoms with E-state index < -0.39 is 0 Å². The van der Waals surface area contributed by atoms with Gasteiger partial charge in [-0.25, -0.2) is 0 Å². The van der Waals surface area contributed by atoms with E-state index in [1.54, 1.807) is 26.4 Å². The zero-order valence-corrected chi connectivity index (χ0v) is 14.8. The molecule has 1 atom stereocenters. The molecule has 0 aliphatic rings. The number of carbonyl (C=O) groups is 1. The van der Waals surface area contributed by atoms with Crippen LogP contribution in [0.25, 0.3) is 0 Å². The molecule has 0 aliphatic carbocycles. The van der Waals surface area contributed by atoms with Gasteiger partial charge in [-0.3, -0.25) is 4.79 Å². The Bertz CT molecular complexity index is 682. The van der Waals surface area contributed by atoms with E-state index in [4.69, 9.17) is 25.8 Å². The highest BCUT2D eigenvalue weighted by atomic mass is 35.5. The van der Waals surface area contributed by atoms with Gasteiger partial charge in [-0.2, -0.15) is 0 Å². The highest BCUT2D eigenvalue weighted by Gasteiger charge is 2.12. The van der Waals surface area contributed by atoms with Gasteiger partial charge in [-0.15, -0.1) is 0 Å². The second kappa shape index (κ2) is 8.60. The first-order chi connectivity index (χ1) is 11.5. The summed E-state index contributed by atoms with van der Waals surface area (Å²) >= 11 is 5.86. The summed E-state index contributed by atoms with van der Waals surface area (Å²) in [5, 5.41) is 0.658. The number of rotatable bonds is 7. The summed E-state index contributed by atoms with van der Waals surface area (Å²) in [6.45, 7) is 1.84. The maximum absolute atomic E-state index is 12.0. The molecule has 2 aromatic rings. The molecule has 0 saturated heterocycles. The summed E-state index contributed by atoms with van der Waals surface area (Å²) in [5.41, 5.74) is 1.91. The van der Waals surface area contributed by atoms with E-state index in [0.29, 0.717) is 29.4 Å². The van der Waals surface area contributed by atoms with Gasteiger partial charge in [0.15, 0.2) is 11.5 Å². The zero-order chi connectivity index (χ0) is 17.5. The molecule has 0 spiro atoms. The van der Waals surface area contributed by atoms with Crippen LogP contribution >= 0.6 is 11.6 Å². The van der Waals surface area contributed by atoms with Crippen molar-refractivity contribution in [2.45, 2.75) is 25.9 Å². The molecule has 0 aliphatic heterocycles. The SMILES string of the molecule is COc1ccc(CCC(=O)OC(C)c2ccc(Cl)cc2)cc1OC. The van der Waals surface area contributed by atoms with Crippen LogP contribution in [-0.4, -0.2) is 20.2 Å². The number of ether oxygens (including phenoxy) is 3. The molecule has 0 bridgehead atoms.